The molecule has 1 aromatic heterocycles. The van der Waals surface area contributed by atoms with Crippen LogP contribution in [0.15, 0.2) is 12.3 Å². The number of aldehydes is 1. The molecule has 14 heavy (non-hydrogen) atoms. The van der Waals surface area contributed by atoms with E-state index in [9.17, 15) is 4.79 Å². The molecule has 0 spiro atoms. The maximum Gasteiger partial charge on any atom is 0.168 e. The van der Waals surface area contributed by atoms with Crippen molar-refractivity contribution in [2.75, 3.05) is 11.9 Å². The summed E-state index contributed by atoms with van der Waals surface area (Å²) < 4.78 is 0. The zero-order chi connectivity index (χ0) is 10.4. The molecule has 4 nitrogen and oxygen atoms in total. The van der Waals surface area contributed by atoms with Gasteiger partial charge in [-0.25, -0.2) is 0 Å². The average Bonchev–Trinajstić information content (AvgIpc) is 2.26. The van der Waals surface area contributed by atoms with Gasteiger partial charge in [0, 0.05) is 18.3 Å². The molecule has 0 fully saturated rings. The third-order valence-electron chi connectivity index (χ3n) is 1.80. The van der Waals surface area contributed by atoms with E-state index in [2.05, 4.69) is 17.2 Å². The molecule has 0 aliphatic carbocycles. The Morgan fingerprint density at radius 1 is 1.64 bits per heavy atom. The lowest BCUT2D eigenvalue weighted by molar-refractivity contribution is 0.111. The van der Waals surface area contributed by atoms with Gasteiger partial charge in [-0.1, -0.05) is 6.92 Å². The Labute approximate surface area is 82.9 Å². The van der Waals surface area contributed by atoms with E-state index in [4.69, 9.17) is 5.41 Å². The number of carbonyl (C=O) groups is 1. The molecule has 0 atom stereocenters. The number of rotatable bonds is 5. The number of carbonyl (C=O) groups excluding carboxylic acids is 1. The summed E-state index contributed by atoms with van der Waals surface area (Å²) in [5, 5.41) is 10.3. The number of pyridine rings is 1. The minimum Gasteiger partial charge on any atom is -0.383 e. The summed E-state index contributed by atoms with van der Waals surface area (Å²) in [6.07, 6.45) is 4.48. The lowest BCUT2D eigenvalue weighted by Crippen LogP contribution is -2.04. The van der Waals surface area contributed by atoms with Crippen LogP contribution in [-0.4, -0.2) is 24.0 Å². The number of hydrogen-bond acceptors (Lipinski definition) is 4. The van der Waals surface area contributed by atoms with E-state index in [1.807, 2.05) is 0 Å². The van der Waals surface area contributed by atoms with Gasteiger partial charge in [0.1, 0.15) is 5.69 Å². The third kappa shape index (κ3) is 2.39. The van der Waals surface area contributed by atoms with Gasteiger partial charge >= 0.3 is 0 Å². The zero-order valence-corrected chi connectivity index (χ0v) is 8.08. The molecular weight excluding hydrogens is 178 g/mol. The van der Waals surface area contributed by atoms with E-state index >= 15 is 0 Å². The van der Waals surface area contributed by atoms with Crippen molar-refractivity contribution in [3.05, 3.63) is 23.5 Å². The normalized spacial score (nSPS) is 9.50. The summed E-state index contributed by atoms with van der Waals surface area (Å²) in [5.74, 6) is 0. The molecule has 1 heterocycles. The summed E-state index contributed by atoms with van der Waals surface area (Å²) in [6.45, 7) is 2.90. The molecule has 1 rings (SSSR count). The van der Waals surface area contributed by atoms with Gasteiger partial charge in [0.25, 0.3) is 0 Å². The minimum atomic E-state index is 0.352. The molecule has 2 N–H and O–H groups in total. The molecule has 0 aliphatic heterocycles. The maximum atomic E-state index is 10.4. The predicted octanol–water partition coefficient (Wildman–Crippen LogP) is 1.71. The van der Waals surface area contributed by atoms with Gasteiger partial charge in [-0.2, -0.15) is 0 Å². The van der Waals surface area contributed by atoms with Crippen molar-refractivity contribution in [2.45, 2.75) is 13.3 Å². The molecule has 0 saturated carbocycles. The Balaban J connectivity index is 2.92. The fourth-order valence-corrected chi connectivity index (χ4v) is 1.08. The highest BCUT2D eigenvalue weighted by Gasteiger charge is 2.01. The third-order valence-corrected chi connectivity index (χ3v) is 1.80. The van der Waals surface area contributed by atoms with Crippen LogP contribution in [-0.2, 0) is 0 Å². The van der Waals surface area contributed by atoms with Crippen LogP contribution < -0.4 is 5.32 Å². The van der Waals surface area contributed by atoms with E-state index in [1.54, 1.807) is 12.3 Å². The molecule has 4 heteroatoms. The molecule has 0 bridgehead atoms. The highest BCUT2D eigenvalue weighted by atomic mass is 16.1. The molecule has 0 amide bonds. The largest absolute Gasteiger partial charge is 0.383 e. The van der Waals surface area contributed by atoms with Crippen LogP contribution in [0.25, 0.3) is 0 Å². The van der Waals surface area contributed by atoms with Gasteiger partial charge in [0.2, 0.25) is 0 Å². The molecule has 0 unspecified atom stereocenters. The van der Waals surface area contributed by atoms with Crippen molar-refractivity contribution in [1.82, 2.24) is 4.98 Å². The number of nitrogens with zero attached hydrogens (tertiary/aromatic N) is 1. The Bertz CT molecular complexity index is 336. The van der Waals surface area contributed by atoms with Gasteiger partial charge in [-0.3, -0.25) is 9.78 Å². The van der Waals surface area contributed by atoms with Gasteiger partial charge in [-0.05, 0) is 12.5 Å². The first-order valence-corrected chi connectivity index (χ1v) is 4.51. The molecule has 1 aromatic rings. The van der Waals surface area contributed by atoms with Crippen molar-refractivity contribution in [3.8, 4) is 0 Å². The van der Waals surface area contributed by atoms with Crippen molar-refractivity contribution in [1.29, 1.82) is 5.41 Å². The van der Waals surface area contributed by atoms with Crippen LogP contribution >= 0.6 is 0 Å². The van der Waals surface area contributed by atoms with Gasteiger partial charge in [0.15, 0.2) is 6.29 Å². The van der Waals surface area contributed by atoms with Crippen molar-refractivity contribution < 1.29 is 4.79 Å². The van der Waals surface area contributed by atoms with E-state index < -0.39 is 0 Å². The standard InChI is InChI=1S/C10H13N3O/c1-2-3-12-10-6-13-9(7-14)4-8(10)5-11/h4-7,11-12H,2-3H2,1H3. The second-order valence-electron chi connectivity index (χ2n) is 2.89. The zero-order valence-electron chi connectivity index (χ0n) is 8.08. The summed E-state index contributed by atoms with van der Waals surface area (Å²) in [7, 11) is 0. The quantitative estimate of drug-likeness (QED) is 0.550. The minimum absolute atomic E-state index is 0.352. The van der Waals surface area contributed by atoms with Gasteiger partial charge < -0.3 is 10.7 Å². The molecule has 0 radical (unpaired) electrons. The topological polar surface area (TPSA) is 65.8 Å². The lowest BCUT2D eigenvalue weighted by Gasteiger charge is -2.07. The van der Waals surface area contributed by atoms with E-state index in [0.717, 1.165) is 18.7 Å². The Kier molecular flexibility index (Phi) is 3.79. The van der Waals surface area contributed by atoms with Crippen molar-refractivity contribution >= 4 is 18.2 Å². The lowest BCUT2D eigenvalue weighted by atomic mass is 10.2. The Morgan fingerprint density at radius 2 is 2.43 bits per heavy atom. The molecule has 0 aromatic carbocycles. The predicted molar refractivity (Wildman–Crippen MR) is 56.3 cm³/mol. The Hall–Kier alpha value is -1.71. The van der Waals surface area contributed by atoms with E-state index in [0.29, 0.717) is 17.5 Å². The highest BCUT2D eigenvalue weighted by Crippen LogP contribution is 2.12. The summed E-state index contributed by atoms with van der Waals surface area (Å²) in [5.41, 5.74) is 1.84. The number of aromatic nitrogens is 1. The smallest absolute Gasteiger partial charge is 0.168 e. The van der Waals surface area contributed by atoms with E-state index in [-0.39, 0.29) is 0 Å². The van der Waals surface area contributed by atoms with Gasteiger partial charge in [-0.15, -0.1) is 0 Å². The molecular formula is C10H13N3O. The summed E-state index contributed by atoms with van der Waals surface area (Å²) in [4.78, 5) is 14.4. The first-order valence-electron chi connectivity index (χ1n) is 4.51. The van der Waals surface area contributed by atoms with Crippen molar-refractivity contribution in [3.63, 3.8) is 0 Å². The monoisotopic (exact) mass is 191 g/mol. The van der Waals surface area contributed by atoms with Crippen LogP contribution in [0.5, 0.6) is 0 Å². The first kappa shape index (κ1) is 10.4. The number of nitrogens with one attached hydrogen (secondary N) is 2. The molecule has 74 valence electrons. The SMILES string of the molecule is CCCNc1cnc(C=O)cc1C=N. The van der Waals surface area contributed by atoms with E-state index in [1.165, 1.54) is 6.21 Å². The second kappa shape index (κ2) is 5.11. The van der Waals surface area contributed by atoms with Crippen LogP contribution in [0.3, 0.4) is 0 Å². The maximum absolute atomic E-state index is 10.4. The van der Waals surface area contributed by atoms with Crippen molar-refractivity contribution in [2.24, 2.45) is 0 Å². The van der Waals surface area contributed by atoms with Gasteiger partial charge in [0.05, 0.1) is 11.9 Å². The van der Waals surface area contributed by atoms with Crippen LogP contribution in [0, 0.1) is 5.41 Å². The first-order chi connectivity index (χ1) is 6.81. The molecule has 0 saturated heterocycles. The van der Waals surface area contributed by atoms with Crippen LogP contribution in [0.1, 0.15) is 29.4 Å². The molecule has 0 aliphatic rings. The summed E-state index contributed by atoms with van der Waals surface area (Å²) in [6, 6.07) is 1.60. The second-order valence-corrected chi connectivity index (χ2v) is 2.89. The highest BCUT2D eigenvalue weighted by molar-refractivity contribution is 5.88. The number of anilines is 1. The number of hydrogen-bond donors (Lipinski definition) is 2. The fourth-order valence-electron chi connectivity index (χ4n) is 1.08. The van der Waals surface area contributed by atoms with Crippen LogP contribution in [0.4, 0.5) is 5.69 Å². The fraction of sp³-hybridized carbons (Fsp3) is 0.300. The van der Waals surface area contributed by atoms with Crippen LogP contribution in [0.2, 0.25) is 0 Å². The summed E-state index contributed by atoms with van der Waals surface area (Å²) >= 11 is 0. The Morgan fingerprint density at radius 3 is 3.00 bits per heavy atom. The average molecular weight is 191 g/mol.